The van der Waals surface area contributed by atoms with Gasteiger partial charge in [0.25, 0.3) is 5.91 Å². The van der Waals surface area contributed by atoms with Crippen molar-refractivity contribution in [1.82, 2.24) is 20.8 Å². The molecule has 0 saturated carbocycles. The van der Waals surface area contributed by atoms with Gasteiger partial charge in [0.15, 0.2) is 0 Å². The number of hydrogen-bond donors (Lipinski definition) is 3. The normalized spacial score (nSPS) is 10.6. The molecule has 0 saturated heterocycles. The monoisotopic (exact) mass is 253 g/mol. The highest BCUT2D eigenvalue weighted by Gasteiger charge is 2.17. The molecule has 8 heteroatoms. The molecule has 0 spiro atoms. The fourth-order valence-corrected chi connectivity index (χ4v) is 0.976. The van der Waals surface area contributed by atoms with Gasteiger partial charge in [0.2, 0.25) is 5.95 Å². The van der Waals surface area contributed by atoms with Crippen LogP contribution in [0.3, 0.4) is 0 Å². The van der Waals surface area contributed by atoms with Crippen LogP contribution < -0.4 is 16.6 Å². The average molecular weight is 253 g/mol. The van der Waals surface area contributed by atoms with Crippen LogP contribution in [-0.2, 0) is 4.74 Å². The van der Waals surface area contributed by atoms with Gasteiger partial charge >= 0.3 is 6.09 Å². The summed E-state index contributed by atoms with van der Waals surface area (Å²) in [7, 11) is 0. The van der Waals surface area contributed by atoms with Crippen LogP contribution in [0.1, 0.15) is 31.3 Å². The number of carbonyl (C=O) groups is 2. The molecule has 0 radical (unpaired) electrons. The van der Waals surface area contributed by atoms with Crippen molar-refractivity contribution in [3.8, 4) is 0 Å². The van der Waals surface area contributed by atoms with Crippen molar-refractivity contribution >= 4 is 17.9 Å². The fraction of sp³-hybridized carbons (Fsp3) is 0.400. The molecule has 0 aromatic carbocycles. The summed E-state index contributed by atoms with van der Waals surface area (Å²) in [6, 6.07) is 1.36. The first-order valence-corrected chi connectivity index (χ1v) is 5.16. The van der Waals surface area contributed by atoms with Gasteiger partial charge < -0.3 is 10.5 Å². The van der Waals surface area contributed by atoms with Crippen LogP contribution in [0.15, 0.2) is 12.3 Å². The maximum absolute atomic E-state index is 11.5. The summed E-state index contributed by atoms with van der Waals surface area (Å²) in [5.74, 6) is -0.644. The number of hydrogen-bond acceptors (Lipinski definition) is 6. The molecule has 0 aliphatic rings. The summed E-state index contributed by atoms with van der Waals surface area (Å²) in [4.78, 5) is 30.1. The molecular formula is C10H15N5O3. The number of hydrazine groups is 1. The van der Waals surface area contributed by atoms with Gasteiger partial charge in [0.1, 0.15) is 11.3 Å². The number of anilines is 1. The van der Waals surface area contributed by atoms with Gasteiger partial charge in [-0.25, -0.2) is 20.2 Å². The predicted molar refractivity (Wildman–Crippen MR) is 63.3 cm³/mol. The molecule has 1 heterocycles. The number of aromatic nitrogens is 2. The number of nitrogens with zero attached hydrogens (tertiary/aromatic N) is 2. The lowest BCUT2D eigenvalue weighted by Crippen LogP contribution is -2.44. The number of carbonyl (C=O) groups excluding carboxylic acids is 2. The summed E-state index contributed by atoms with van der Waals surface area (Å²) in [6.45, 7) is 5.12. The molecule has 0 aliphatic heterocycles. The molecule has 1 aromatic heterocycles. The highest BCUT2D eigenvalue weighted by atomic mass is 16.6. The van der Waals surface area contributed by atoms with Gasteiger partial charge in [-0.05, 0) is 26.8 Å². The van der Waals surface area contributed by atoms with Gasteiger partial charge in [0.05, 0.1) is 0 Å². The van der Waals surface area contributed by atoms with Crippen molar-refractivity contribution in [3.05, 3.63) is 18.0 Å². The minimum Gasteiger partial charge on any atom is -0.443 e. The van der Waals surface area contributed by atoms with E-state index in [2.05, 4.69) is 20.8 Å². The Bertz CT molecular complexity index is 455. The molecule has 4 N–H and O–H groups in total. The summed E-state index contributed by atoms with van der Waals surface area (Å²) in [5, 5.41) is 0. The zero-order chi connectivity index (χ0) is 13.8. The van der Waals surface area contributed by atoms with E-state index in [1.807, 2.05) is 0 Å². The Morgan fingerprint density at radius 3 is 2.56 bits per heavy atom. The van der Waals surface area contributed by atoms with Crippen LogP contribution in [0.4, 0.5) is 10.7 Å². The Morgan fingerprint density at radius 1 is 1.33 bits per heavy atom. The second-order valence-corrected chi connectivity index (χ2v) is 4.38. The fourth-order valence-electron chi connectivity index (χ4n) is 0.976. The molecule has 98 valence electrons. The lowest BCUT2D eigenvalue weighted by atomic mass is 10.2. The minimum absolute atomic E-state index is 0.0279. The maximum atomic E-state index is 11.5. The standard InChI is InChI=1S/C10H15N5O3/c1-10(2,3)18-9(17)15-14-7(16)6-4-5-12-8(11)13-6/h4-5H,1-3H3,(H,14,16)(H,15,17)(H2,11,12,13). The van der Waals surface area contributed by atoms with E-state index in [1.165, 1.54) is 12.3 Å². The summed E-state index contributed by atoms with van der Waals surface area (Å²) >= 11 is 0. The third-order valence-electron chi connectivity index (χ3n) is 1.58. The number of nitrogen functional groups attached to an aromatic ring is 1. The average Bonchev–Trinajstić information content (AvgIpc) is 2.23. The largest absolute Gasteiger partial charge is 0.443 e. The van der Waals surface area contributed by atoms with Crippen molar-refractivity contribution in [2.24, 2.45) is 0 Å². The van der Waals surface area contributed by atoms with Gasteiger partial charge in [-0.1, -0.05) is 0 Å². The third kappa shape index (κ3) is 4.64. The quantitative estimate of drug-likeness (QED) is 0.616. The van der Waals surface area contributed by atoms with E-state index in [-0.39, 0.29) is 11.6 Å². The smallest absolute Gasteiger partial charge is 0.426 e. The highest BCUT2D eigenvalue weighted by Crippen LogP contribution is 2.05. The van der Waals surface area contributed by atoms with Crippen LogP contribution in [0.25, 0.3) is 0 Å². The molecule has 0 bridgehead atoms. The molecule has 0 aliphatic carbocycles. The van der Waals surface area contributed by atoms with Crippen molar-refractivity contribution in [3.63, 3.8) is 0 Å². The Morgan fingerprint density at radius 2 is 2.00 bits per heavy atom. The van der Waals surface area contributed by atoms with E-state index in [0.29, 0.717) is 0 Å². The Labute approximate surface area is 104 Å². The molecule has 1 aromatic rings. The van der Waals surface area contributed by atoms with Gasteiger partial charge in [-0.15, -0.1) is 0 Å². The number of nitrogens with one attached hydrogen (secondary N) is 2. The Balaban J connectivity index is 2.49. The topological polar surface area (TPSA) is 119 Å². The molecule has 0 fully saturated rings. The van der Waals surface area contributed by atoms with Gasteiger partial charge in [-0.2, -0.15) is 0 Å². The number of rotatable bonds is 1. The maximum Gasteiger partial charge on any atom is 0.426 e. The van der Waals surface area contributed by atoms with Crippen molar-refractivity contribution in [1.29, 1.82) is 0 Å². The molecule has 1 rings (SSSR count). The van der Waals surface area contributed by atoms with E-state index in [9.17, 15) is 9.59 Å². The second-order valence-electron chi connectivity index (χ2n) is 4.38. The molecule has 8 nitrogen and oxygen atoms in total. The zero-order valence-electron chi connectivity index (χ0n) is 10.4. The molecule has 0 atom stereocenters. The highest BCUT2D eigenvalue weighted by molar-refractivity contribution is 5.93. The first-order valence-electron chi connectivity index (χ1n) is 5.16. The predicted octanol–water partition coefficient (Wildman–Crippen LogP) is 0.228. The van der Waals surface area contributed by atoms with E-state index >= 15 is 0 Å². The van der Waals surface area contributed by atoms with Crippen LogP contribution in [0.5, 0.6) is 0 Å². The van der Waals surface area contributed by atoms with Crippen LogP contribution in [0.2, 0.25) is 0 Å². The summed E-state index contributed by atoms with van der Waals surface area (Å²) in [5.41, 5.74) is 8.95. The van der Waals surface area contributed by atoms with E-state index in [1.54, 1.807) is 20.8 Å². The number of amides is 2. The van der Waals surface area contributed by atoms with Crippen molar-refractivity contribution in [2.45, 2.75) is 26.4 Å². The Kier molecular flexibility index (Phi) is 4.03. The van der Waals surface area contributed by atoms with Crippen LogP contribution >= 0.6 is 0 Å². The first kappa shape index (κ1) is 13.7. The summed E-state index contributed by atoms with van der Waals surface area (Å²) < 4.78 is 4.93. The van der Waals surface area contributed by atoms with E-state index in [4.69, 9.17) is 10.5 Å². The lowest BCUT2D eigenvalue weighted by molar-refractivity contribution is 0.0483. The van der Waals surface area contributed by atoms with Gasteiger partial charge in [-0.3, -0.25) is 10.2 Å². The van der Waals surface area contributed by atoms with Crippen LogP contribution in [0, 0.1) is 0 Å². The SMILES string of the molecule is CC(C)(C)OC(=O)NNC(=O)c1ccnc(N)n1. The molecular weight excluding hydrogens is 238 g/mol. The van der Waals surface area contributed by atoms with Gasteiger partial charge in [0, 0.05) is 6.20 Å². The molecule has 2 amide bonds. The molecule has 0 unspecified atom stereocenters. The summed E-state index contributed by atoms with van der Waals surface area (Å²) in [6.07, 6.45) is 0.572. The zero-order valence-corrected chi connectivity index (χ0v) is 10.4. The van der Waals surface area contributed by atoms with Crippen molar-refractivity contribution < 1.29 is 14.3 Å². The second kappa shape index (κ2) is 5.30. The van der Waals surface area contributed by atoms with Crippen molar-refractivity contribution in [2.75, 3.05) is 5.73 Å². The third-order valence-corrected chi connectivity index (χ3v) is 1.58. The Hall–Kier alpha value is -2.38. The van der Waals surface area contributed by atoms with Crippen LogP contribution in [-0.4, -0.2) is 27.6 Å². The lowest BCUT2D eigenvalue weighted by Gasteiger charge is -2.19. The molecule has 18 heavy (non-hydrogen) atoms. The van der Waals surface area contributed by atoms with E-state index in [0.717, 1.165) is 0 Å². The number of nitrogens with two attached hydrogens (primary N) is 1. The van der Waals surface area contributed by atoms with E-state index < -0.39 is 17.6 Å². The first-order chi connectivity index (χ1) is 8.28. The minimum atomic E-state index is -0.766. The number of ether oxygens (including phenoxy) is 1.